The highest BCUT2D eigenvalue weighted by Crippen LogP contribution is 2.25. The molecule has 0 aliphatic carbocycles. The summed E-state index contributed by atoms with van der Waals surface area (Å²) in [5, 5.41) is 10.3. The van der Waals surface area contributed by atoms with Crippen molar-refractivity contribution >= 4 is 47.8 Å². The summed E-state index contributed by atoms with van der Waals surface area (Å²) in [5.74, 6) is 2.32. The summed E-state index contributed by atoms with van der Waals surface area (Å²) >= 11 is 2.02. The molecule has 1 aliphatic heterocycles. The lowest BCUT2D eigenvalue weighted by atomic mass is 10.0. The van der Waals surface area contributed by atoms with Crippen LogP contribution in [0.2, 0.25) is 0 Å². The standard InChI is InChI=1S/C17H34N4O2S.HI/c1-12(2)14(21-16(22)23-17(3,4)5)11-20-15(18-6)19-10-13-8-7-9-24-13;/h12-14H,7-11H2,1-6H3,(H,21,22)(H2,18,19,20);1H. The number of nitrogens with zero attached hydrogens (tertiary/aromatic N) is 1. The van der Waals surface area contributed by atoms with Crippen LogP contribution in [0.1, 0.15) is 47.5 Å². The molecule has 1 fully saturated rings. The molecule has 3 N–H and O–H groups in total. The number of ether oxygens (including phenoxy) is 1. The molecule has 0 aromatic carbocycles. The molecule has 6 nitrogen and oxygen atoms in total. The van der Waals surface area contributed by atoms with Gasteiger partial charge in [-0.1, -0.05) is 13.8 Å². The van der Waals surface area contributed by atoms with Gasteiger partial charge in [-0.3, -0.25) is 4.99 Å². The fourth-order valence-electron chi connectivity index (χ4n) is 2.36. The molecular weight excluding hydrogens is 451 g/mol. The highest BCUT2D eigenvalue weighted by Gasteiger charge is 2.22. The van der Waals surface area contributed by atoms with Gasteiger partial charge in [0.15, 0.2) is 5.96 Å². The first-order valence-corrected chi connectivity index (χ1v) is 9.81. The van der Waals surface area contributed by atoms with E-state index >= 15 is 0 Å². The maximum atomic E-state index is 12.0. The zero-order valence-corrected chi connectivity index (χ0v) is 19.5. The predicted octanol–water partition coefficient (Wildman–Crippen LogP) is 3.21. The molecule has 0 saturated carbocycles. The molecule has 0 aromatic heterocycles. The van der Waals surface area contributed by atoms with Crippen molar-refractivity contribution in [3.8, 4) is 0 Å². The second kappa shape index (κ2) is 12.1. The molecule has 0 radical (unpaired) electrons. The van der Waals surface area contributed by atoms with Gasteiger partial charge in [-0.2, -0.15) is 11.8 Å². The van der Waals surface area contributed by atoms with Crippen LogP contribution in [0.5, 0.6) is 0 Å². The Morgan fingerprint density at radius 3 is 2.48 bits per heavy atom. The highest BCUT2D eigenvalue weighted by atomic mass is 127. The van der Waals surface area contributed by atoms with Gasteiger partial charge in [0.2, 0.25) is 0 Å². The molecule has 1 heterocycles. The van der Waals surface area contributed by atoms with Crippen LogP contribution in [0.4, 0.5) is 4.79 Å². The molecule has 0 aromatic rings. The average molecular weight is 486 g/mol. The van der Waals surface area contributed by atoms with Crippen molar-refractivity contribution in [2.24, 2.45) is 10.9 Å². The number of aliphatic imine (C=N–C) groups is 1. The Labute approximate surface area is 174 Å². The van der Waals surface area contributed by atoms with E-state index in [1.165, 1.54) is 18.6 Å². The summed E-state index contributed by atoms with van der Waals surface area (Å²) in [4.78, 5) is 16.2. The van der Waals surface area contributed by atoms with Gasteiger partial charge in [-0.15, -0.1) is 24.0 Å². The quantitative estimate of drug-likeness (QED) is 0.306. The molecular formula is C17H35IN4O2S. The van der Waals surface area contributed by atoms with Crippen molar-refractivity contribution < 1.29 is 9.53 Å². The van der Waals surface area contributed by atoms with Gasteiger partial charge in [0.25, 0.3) is 0 Å². The summed E-state index contributed by atoms with van der Waals surface area (Å²) in [7, 11) is 1.77. The predicted molar refractivity (Wildman–Crippen MR) is 118 cm³/mol. The van der Waals surface area contributed by atoms with E-state index in [-0.39, 0.29) is 42.0 Å². The summed E-state index contributed by atoms with van der Waals surface area (Å²) in [5.41, 5.74) is -0.490. The lowest BCUT2D eigenvalue weighted by Crippen LogP contribution is -2.50. The van der Waals surface area contributed by atoms with E-state index in [9.17, 15) is 4.79 Å². The number of amides is 1. The minimum absolute atomic E-state index is 0. The van der Waals surface area contributed by atoms with Crippen molar-refractivity contribution in [2.75, 3.05) is 25.9 Å². The third kappa shape index (κ3) is 11.0. The maximum Gasteiger partial charge on any atom is 0.407 e. The summed E-state index contributed by atoms with van der Waals surface area (Å²) in [6.07, 6.45) is 2.19. The van der Waals surface area contributed by atoms with E-state index in [0.717, 1.165) is 12.5 Å². The fraction of sp³-hybridized carbons (Fsp3) is 0.882. The molecule has 1 saturated heterocycles. The summed E-state index contributed by atoms with van der Waals surface area (Å²) < 4.78 is 5.34. The number of hydrogen-bond donors (Lipinski definition) is 3. The minimum atomic E-state index is -0.490. The zero-order chi connectivity index (χ0) is 18.2. The van der Waals surface area contributed by atoms with Crippen LogP contribution in [0.25, 0.3) is 0 Å². The molecule has 1 aliphatic rings. The topological polar surface area (TPSA) is 74.8 Å². The van der Waals surface area contributed by atoms with Gasteiger partial charge >= 0.3 is 6.09 Å². The summed E-state index contributed by atoms with van der Waals surface area (Å²) in [6, 6.07) is -0.0285. The molecule has 8 heteroatoms. The van der Waals surface area contributed by atoms with Crippen molar-refractivity contribution in [1.29, 1.82) is 0 Å². The third-order valence-corrected chi connectivity index (χ3v) is 5.14. The smallest absolute Gasteiger partial charge is 0.407 e. The van der Waals surface area contributed by atoms with Crippen LogP contribution < -0.4 is 16.0 Å². The Kier molecular flexibility index (Phi) is 11.9. The van der Waals surface area contributed by atoms with Crippen LogP contribution in [0, 0.1) is 5.92 Å². The molecule has 0 spiro atoms. The number of nitrogens with one attached hydrogen (secondary N) is 3. The lowest BCUT2D eigenvalue weighted by Gasteiger charge is -2.26. The fourth-order valence-corrected chi connectivity index (χ4v) is 3.56. The van der Waals surface area contributed by atoms with Gasteiger partial charge in [0.05, 0.1) is 6.04 Å². The number of thioether (sulfide) groups is 1. The maximum absolute atomic E-state index is 12.0. The van der Waals surface area contributed by atoms with Crippen molar-refractivity contribution in [1.82, 2.24) is 16.0 Å². The van der Waals surface area contributed by atoms with Gasteiger partial charge < -0.3 is 20.7 Å². The minimum Gasteiger partial charge on any atom is -0.444 e. The average Bonchev–Trinajstić information content (AvgIpc) is 2.97. The molecule has 0 bridgehead atoms. The van der Waals surface area contributed by atoms with Gasteiger partial charge in [0.1, 0.15) is 5.60 Å². The first kappa shape index (κ1) is 24.6. The first-order chi connectivity index (χ1) is 11.2. The Bertz CT molecular complexity index is 421. The van der Waals surface area contributed by atoms with Crippen LogP contribution in [-0.2, 0) is 4.74 Å². The number of rotatable bonds is 6. The number of hydrogen-bond acceptors (Lipinski definition) is 4. The van der Waals surface area contributed by atoms with Crippen molar-refractivity contribution in [2.45, 2.75) is 64.4 Å². The van der Waals surface area contributed by atoms with Crippen molar-refractivity contribution in [3.05, 3.63) is 0 Å². The van der Waals surface area contributed by atoms with Crippen molar-refractivity contribution in [3.63, 3.8) is 0 Å². The third-order valence-electron chi connectivity index (χ3n) is 3.74. The van der Waals surface area contributed by atoms with Crippen LogP contribution in [0.3, 0.4) is 0 Å². The molecule has 2 unspecified atom stereocenters. The Morgan fingerprint density at radius 2 is 2.00 bits per heavy atom. The van der Waals surface area contributed by atoms with Crippen LogP contribution in [0.15, 0.2) is 4.99 Å². The molecule has 1 rings (SSSR count). The molecule has 1 amide bonds. The van der Waals surface area contributed by atoms with Crippen LogP contribution in [-0.4, -0.2) is 54.8 Å². The molecule has 2 atom stereocenters. The van der Waals surface area contributed by atoms with Gasteiger partial charge in [0, 0.05) is 25.4 Å². The van der Waals surface area contributed by atoms with Crippen LogP contribution >= 0.6 is 35.7 Å². The number of carbonyl (C=O) groups is 1. The monoisotopic (exact) mass is 486 g/mol. The lowest BCUT2D eigenvalue weighted by molar-refractivity contribution is 0.0491. The number of guanidine groups is 1. The molecule has 25 heavy (non-hydrogen) atoms. The molecule has 148 valence electrons. The number of alkyl carbamates (subject to hydrolysis) is 1. The van der Waals surface area contributed by atoms with E-state index in [2.05, 4.69) is 34.8 Å². The SMILES string of the molecule is CN=C(NCC1CCCS1)NCC(NC(=O)OC(C)(C)C)C(C)C.I. The van der Waals surface area contributed by atoms with E-state index < -0.39 is 5.60 Å². The number of halogens is 1. The van der Waals surface area contributed by atoms with E-state index in [1.807, 2.05) is 32.5 Å². The first-order valence-electron chi connectivity index (χ1n) is 8.77. The highest BCUT2D eigenvalue weighted by molar-refractivity contribution is 14.0. The largest absolute Gasteiger partial charge is 0.444 e. The second-order valence-corrected chi connectivity index (χ2v) is 8.87. The summed E-state index contributed by atoms with van der Waals surface area (Å²) in [6.45, 7) is 11.3. The zero-order valence-electron chi connectivity index (χ0n) is 16.3. The Balaban J connectivity index is 0.00000576. The Hall–Kier alpha value is -0.380. The van der Waals surface area contributed by atoms with E-state index in [0.29, 0.717) is 11.8 Å². The second-order valence-electron chi connectivity index (χ2n) is 7.47. The van der Waals surface area contributed by atoms with Gasteiger partial charge in [-0.25, -0.2) is 4.79 Å². The normalized spacial score (nSPS) is 19.2. The van der Waals surface area contributed by atoms with Gasteiger partial charge in [-0.05, 0) is 45.3 Å². The van der Waals surface area contributed by atoms with E-state index in [4.69, 9.17) is 4.74 Å². The Morgan fingerprint density at radius 1 is 1.32 bits per heavy atom. The van der Waals surface area contributed by atoms with E-state index in [1.54, 1.807) is 7.05 Å². The number of carbonyl (C=O) groups excluding carboxylic acids is 1.